The van der Waals surface area contributed by atoms with Gasteiger partial charge in [0.15, 0.2) is 0 Å². The summed E-state index contributed by atoms with van der Waals surface area (Å²) < 4.78 is 18.6. The highest BCUT2D eigenvalue weighted by Crippen LogP contribution is 2.37. The van der Waals surface area contributed by atoms with Crippen LogP contribution < -0.4 is 10.4 Å². The molecular formula is C27H39NO4Si. The molecule has 0 radical (unpaired) electrons. The molecule has 0 saturated carbocycles. The Hall–Kier alpha value is -2.15. The Kier molecular flexibility index (Phi) is 8.03. The van der Waals surface area contributed by atoms with E-state index in [1.54, 1.807) is 12.0 Å². The highest BCUT2D eigenvalue weighted by molar-refractivity contribution is 6.80. The predicted molar refractivity (Wildman–Crippen MR) is 136 cm³/mol. The SMILES string of the molecule is COC1CCC(C(O[SiH](c2ccccc2)c2ccccc2)C(C)(C)C)N1C(=O)OC(C)(C)C. The lowest BCUT2D eigenvalue weighted by atomic mass is 9.84. The molecule has 1 amide bonds. The summed E-state index contributed by atoms with van der Waals surface area (Å²) in [7, 11) is -0.359. The molecule has 1 aliphatic heterocycles. The molecular weight excluding hydrogens is 430 g/mol. The molecule has 0 spiro atoms. The molecule has 1 fully saturated rings. The minimum absolute atomic E-state index is 0.132. The van der Waals surface area contributed by atoms with Crippen LogP contribution in [-0.2, 0) is 13.9 Å². The fourth-order valence-electron chi connectivity index (χ4n) is 4.53. The van der Waals surface area contributed by atoms with Gasteiger partial charge in [-0.05, 0) is 49.4 Å². The van der Waals surface area contributed by atoms with Crippen LogP contribution in [0.3, 0.4) is 0 Å². The third-order valence-corrected chi connectivity index (χ3v) is 8.49. The van der Waals surface area contributed by atoms with Crippen molar-refractivity contribution >= 4 is 25.5 Å². The average Bonchev–Trinajstić information content (AvgIpc) is 3.17. The molecule has 3 unspecified atom stereocenters. The van der Waals surface area contributed by atoms with Gasteiger partial charge in [0.1, 0.15) is 11.8 Å². The first-order valence-electron chi connectivity index (χ1n) is 11.8. The van der Waals surface area contributed by atoms with Crippen LogP contribution in [0.15, 0.2) is 60.7 Å². The Labute approximate surface area is 200 Å². The molecule has 3 rings (SSSR count). The van der Waals surface area contributed by atoms with Crippen molar-refractivity contribution in [1.29, 1.82) is 0 Å². The number of carbonyl (C=O) groups is 1. The van der Waals surface area contributed by atoms with Gasteiger partial charge in [0.2, 0.25) is 9.04 Å². The van der Waals surface area contributed by atoms with Crippen LogP contribution in [-0.4, -0.2) is 51.1 Å². The quantitative estimate of drug-likeness (QED) is 0.591. The third-order valence-electron chi connectivity index (χ3n) is 5.94. The van der Waals surface area contributed by atoms with Gasteiger partial charge in [-0.25, -0.2) is 4.79 Å². The lowest BCUT2D eigenvalue weighted by Crippen LogP contribution is -2.57. The van der Waals surface area contributed by atoms with E-state index in [-0.39, 0.29) is 29.9 Å². The smallest absolute Gasteiger partial charge is 0.412 e. The van der Waals surface area contributed by atoms with E-state index >= 15 is 0 Å². The van der Waals surface area contributed by atoms with E-state index in [4.69, 9.17) is 13.9 Å². The Bertz CT molecular complexity index is 852. The number of methoxy groups -OCH3 is 1. The Morgan fingerprint density at radius 1 is 0.909 bits per heavy atom. The second-order valence-corrected chi connectivity index (χ2v) is 13.2. The molecule has 3 atom stereocenters. The molecule has 0 aliphatic carbocycles. The summed E-state index contributed by atoms with van der Waals surface area (Å²) in [6, 6.07) is 20.8. The second kappa shape index (κ2) is 10.4. The van der Waals surface area contributed by atoms with Crippen LogP contribution in [0.4, 0.5) is 4.79 Å². The maximum absolute atomic E-state index is 13.3. The average molecular weight is 470 g/mol. The van der Waals surface area contributed by atoms with E-state index in [0.29, 0.717) is 0 Å². The minimum atomic E-state index is -2.01. The first kappa shape index (κ1) is 25.5. The van der Waals surface area contributed by atoms with E-state index < -0.39 is 14.6 Å². The van der Waals surface area contributed by atoms with E-state index in [1.165, 1.54) is 10.4 Å². The van der Waals surface area contributed by atoms with E-state index in [0.717, 1.165) is 12.8 Å². The zero-order chi connectivity index (χ0) is 24.2. The van der Waals surface area contributed by atoms with E-state index in [9.17, 15) is 4.79 Å². The van der Waals surface area contributed by atoms with Gasteiger partial charge in [-0.3, -0.25) is 4.90 Å². The lowest BCUT2D eigenvalue weighted by Gasteiger charge is -2.42. The zero-order valence-corrected chi connectivity index (χ0v) is 22.2. The Balaban J connectivity index is 1.99. The second-order valence-electron chi connectivity index (χ2n) is 10.8. The number of hydrogen-bond acceptors (Lipinski definition) is 4. The third kappa shape index (κ3) is 6.46. The van der Waals surface area contributed by atoms with Gasteiger partial charge >= 0.3 is 6.09 Å². The molecule has 1 aliphatic rings. The topological polar surface area (TPSA) is 48.0 Å². The normalized spacial score (nSPS) is 20.2. The maximum Gasteiger partial charge on any atom is 0.412 e. The van der Waals surface area contributed by atoms with Gasteiger partial charge in [0.25, 0.3) is 0 Å². The number of amides is 1. The number of ether oxygens (including phenoxy) is 2. The molecule has 0 aromatic heterocycles. The van der Waals surface area contributed by atoms with Gasteiger partial charge in [0.05, 0.1) is 12.1 Å². The summed E-state index contributed by atoms with van der Waals surface area (Å²) in [6.45, 7) is 12.2. The largest absolute Gasteiger partial charge is 0.444 e. The van der Waals surface area contributed by atoms with Crippen molar-refractivity contribution in [3.05, 3.63) is 60.7 Å². The monoisotopic (exact) mass is 469 g/mol. The minimum Gasteiger partial charge on any atom is -0.444 e. The molecule has 6 heteroatoms. The van der Waals surface area contributed by atoms with Gasteiger partial charge in [-0.15, -0.1) is 0 Å². The summed E-state index contributed by atoms with van der Waals surface area (Å²) in [6.07, 6.45) is 0.741. The summed E-state index contributed by atoms with van der Waals surface area (Å²) >= 11 is 0. The number of rotatable bonds is 6. The molecule has 33 heavy (non-hydrogen) atoms. The van der Waals surface area contributed by atoms with Crippen molar-refractivity contribution in [2.45, 2.75) is 78.4 Å². The zero-order valence-electron chi connectivity index (χ0n) is 21.1. The number of carbonyl (C=O) groups excluding carboxylic acids is 1. The van der Waals surface area contributed by atoms with E-state index in [1.807, 2.05) is 32.9 Å². The standard InChI is InChI=1S/C27H39NO4Si/c1-26(2,3)24(22-18-19-23(30-7)28(22)25(29)31-27(4,5)6)32-33(20-14-10-8-11-15-20)21-16-12-9-13-17-21/h8-17,22-24,33H,18-19H2,1-7H3. The van der Waals surface area contributed by atoms with Gasteiger partial charge in [-0.1, -0.05) is 81.4 Å². The summed E-state index contributed by atoms with van der Waals surface area (Å²) in [5, 5.41) is 2.45. The van der Waals surface area contributed by atoms with Crippen LogP contribution in [0.25, 0.3) is 0 Å². The predicted octanol–water partition coefficient (Wildman–Crippen LogP) is 4.33. The number of nitrogens with zero attached hydrogens (tertiary/aromatic N) is 1. The van der Waals surface area contributed by atoms with Crippen LogP contribution in [0.2, 0.25) is 0 Å². The summed E-state index contributed by atoms with van der Waals surface area (Å²) in [5.41, 5.74) is -0.770. The first-order chi connectivity index (χ1) is 15.5. The van der Waals surface area contributed by atoms with Crippen LogP contribution in [0.1, 0.15) is 54.4 Å². The molecule has 2 aromatic carbocycles. The molecule has 1 saturated heterocycles. The number of benzene rings is 2. The van der Waals surface area contributed by atoms with Crippen LogP contribution in [0.5, 0.6) is 0 Å². The van der Waals surface area contributed by atoms with Crippen molar-refractivity contribution in [2.75, 3.05) is 7.11 Å². The molecule has 5 nitrogen and oxygen atoms in total. The fraction of sp³-hybridized carbons (Fsp3) is 0.519. The van der Waals surface area contributed by atoms with Crippen LogP contribution >= 0.6 is 0 Å². The fourth-order valence-corrected chi connectivity index (χ4v) is 7.25. The van der Waals surface area contributed by atoms with Crippen molar-refractivity contribution in [3.63, 3.8) is 0 Å². The molecule has 0 N–H and O–H groups in total. The van der Waals surface area contributed by atoms with Crippen molar-refractivity contribution in [1.82, 2.24) is 4.90 Å². The van der Waals surface area contributed by atoms with Crippen molar-refractivity contribution < 1.29 is 18.7 Å². The molecule has 180 valence electrons. The summed E-state index contributed by atoms with van der Waals surface area (Å²) in [4.78, 5) is 15.1. The summed E-state index contributed by atoms with van der Waals surface area (Å²) in [5.74, 6) is 0. The maximum atomic E-state index is 13.3. The Morgan fingerprint density at radius 3 is 1.85 bits per heavy atom. The lowest BCUT2D eigenvalue weighted by molar-refractivity contribution is -0.0679. The number of likely N-dealkylation sites (tertiary alicyclic amines) is 1. The van der Waals surface area contributed by atoms with Crippen LogP contribution in [0, 0.1) is 5.41 Å². The Morgan fingerprint density at radius 2 is 1.42 bits per heavy atom. The molecule has 0 bridgehead atoms. The first-order valence-corrected chi connectivity index (χ1v) is 13.4. The van der Waals surface area contributed by atoms with Crippen molar-refractivity contribution in [2.24, 2.45) is 5.41 Å². The van der Waals surface area contributed by atoms with Gasteiger partial charge in [0, 0.05) is 7.11 Å². The van der Waals surface area contributed by atoms with Gasteiger partial charge < -0.3 is 13.9 Å². The highest BCUT2D eigenvalue weighted by Gasteiger charge is 2.48. The highest BCUT2D eigenvalue weighted by atomic mass is 28.3. The molecule has 1 heterocycles. The number of hydrogen-bond donors (Lipinski definition) is 0. The van der Waals surface area contributed by atoms with E-state index in [2.05, 4.69) is 69.3 Å². The molecule has 2 aromatic rings. The van der Waals surface area contributed by atoms with Crippen molar-refractivity contribution in [3.8, 4) is 0 Å². The van der Waals surface area contributed by atoms with Gasteiger partial charge in [-0.2, -0.15) is 0 Å².